The second-order valence-electron chi connectivity index (χ2n) is 7.83. The maximum Gasteiger partial charge on any atom is 0.341 e. The predicted octanol–water partition coefficient (Wildman–Crippen LogP) is 3.57. The van der Waals surface area contributed by atoms with Crippen molar-refractivity contribution in [3.05, 3.63) is 82.8 Å². The molecule has 0 unspecified atom stereocenters. The van der Waals surface area contributed by atoms with E-state index in [1.54, 1.807) is 32.0 Å². The minimum atomic E-state index is -3.80. The summed E-state index contributed by atoms with van der Waals surface area (Å²) in [6.07, 6.45) is 0. The number of fused-ring (bicyclic) bond motifs is 1. The molecule has 170 valence electrons. The smallest absolute Gasteiger partial charge is 0.341 e. The summed E-state index contributed by atoms with van der Waals surface area (Å²) in [5.74, 6) is -0.896. The third-order valence-electron chi connectivity index (χ3n) is 5.59. The Labute approximate surface area is 191 Å². The van der Waals surface area contributed by atoms with Gasteiger partial charge in [-0.25, -0.2) is 18.4 Å². The van der Waals surface area contributed by atoms with Gasteiger partial charge in [-0.3, -0.25) is 4.79 Å². The summed E-state index contributed by atoms with van der Waals surface area (Å²) in [6.45, 7) is 5.00. The third-order valence-corrected chi connectivity index (χ3v) is 6.52. The number of nitrogens with one attached hydrogen (secondary N) is 1. The number of carbonyl (C=O) groups is 2. The lowest BCUT2D eigenvalue weighted by molar-refractivity contribution is 0.0476. The standard InChI is InChI=1S/C24H23N3O5S/c1-14-12-20(16(3)27(14)17-8-10-18(11-9-17)33(25,30)31)22(28)13-32-24(29)23-15(2)26-21-7-5-4-6-19(21)23/h4-12,26H,13H2,1-3H3,(H2,25,30,31). The average molecular weight is 466 g/mol. The first-order valence-corrected chi connectivity index (χ1v) is 11.7. The predicted molar refractivity (Wildman–Crippen MR) is 124 cm³/mol. The molecule has 0 saturated carbocycles. The van der Waals surface area contributed by atoms with Crippen LogP contribution in [0.2, 0.25) is 0 Å². The third kappa shape index (κ3) is 4.20. The molecule has 0 saturated heterocycles. The van der Waals surface area contributed by atoms with Crippen LogP contribution in [0.15, 0.2) is 59.5 Å². The van der Waals surface area contributed by atoms with Gasteiger partial charge in [-0.05, 0) is 57.2 Å². The van der Waals surface area contributed by atoms with E-state index in [0.29, 0.717) is 28.2 Å². The van der Waals surface area contributed by atoms with Crippen LogP contribution in [0.4, 0.5) is 0 Å². The van der Waals surface area contributed by atoms with Crippen molar-refractivity contribution in [2.24, 2.45) is 5.14 Å². The molecular weight excluding hydrogens is 442 g/mol. The van der Waals surface area contributed by atoms with Gasteiger partial charge in [0.1, 0.15) is 0 Å². The Bertz CT molecular complexity index is 1500. The number of ether oxygens (including phenoxy) is 1. The maximum atomic E-state index is 12.9. The Kier molecular flexibility index (Phi) is 5.69. The maximum absolute atomic E-state index is 12.9. The molecule has 2 aromatic heterocycles. The van der Waals surface area contributed by atoms with Crippen molar-refractivity contribution in [2.45, 2.75) is 25.7 Å². The highest BCUT2D eigenvalue weighted by Gasteiger charge is 2.21. The number of para-hydroxylation sites is 1. The number of rotatable bonds is 6. The van der Waals surface area contributed by atoms with Crippen LogP contribution in [-0.4, -0.2) is 36.3 Å². The van der Waals surface area contributed by atoms with E-state index in [4.69, 9.17) is 9.88 Å². The normalized spacial score (nSPS) is 11.6. The van der Waals surface area contributed by atoms with E-state index in [1.807, 2.05) is 35.8 Å². The molecule has 4 aromatic rings. The van der Waals surface area contributed by atoms with E-state index >= 15 is 0 Å². The average Bonchev–Trinajstić information content (AvgIpc) is 3.26. The molecule has 0 aliphatic carbocycles. The quantitative estimate of drug-likeness (QED) is 0.333. The highest BCUT2D eigenvalue weighted by Crippen LogP contribution is 2.24. The highest BCUT2D eigenvalue weighted by molar-refractivity contribution is 7.89. The molecule has 0 aliphatic heterocycles. The van der Waals surface area contributed by atoms with Crippen LogP contribution >= 0.6 is 0 Å². The van der Waals surface area contributed by atoms with Crippen LogP contribution in [-0.2, 0) is 14.8 Å². The number of aromatic amines is 1. The molecule has 3 N–H and O–H groups in total. The van der Waals surface area contributed by atoms with Gasteiger partial charge in [-0.15, -0.1) is 0 Å². The number of nitrogens with zero attached hydrogens (tertiary/aromatic N) is 1. The van der Waals surface area contributed by atoms with Crippen molar-refractivity contribution in [2.75, 3.05) is 6.61 Å². The van der Waals surface area contributed by atoms with Gasteiger partial charge in [0.15, 0.2) is 6.61 Å². The first-order valence-electron chi connectivity index (χ1n) is 10.2. The van der Waals surface area contributed by atoms with Gasteiger partial charge < -0.3 is 14.3 Å². The van der Waals surface area contributed by atoms with Gasteiger partial charge in [-0.1, -0.05) is 18.2 Å². The van der Waals surface area contributed by atoms with Crippen molar-refractivity contribution in [3.8, 4) is 5.69 Å². The fourth-order valence-corrected chi connectivity index (χ4v) is 4.56. The number of H-pyrrole nitrogens is 1. The second-order valence-corrected chi connectivity index (χ2v) is 9.39. The van der Waals surface area contributed by atoms with E-state index < -0.39 is 22.6 Å². The molecule has 0 radical (unpaired) electrons. The first kappa shape index (κ1) is 22.5. The Morgan fingerprint density at radius 1 is 1.03 bits per heavy atom. The van der Waals surface area contributed by atoms with E-state index in [0.717, 1.165) is 16.6 Å². The number of aromatic nitrogens is 2. The summed E-state index contributed by atoms with van der Waals surface area (Å²) in [7, 11) is -3.80. The number of sulfonamides is 1. The summed E-state index contributed by atoms with van der Waals surface area (Å²) < 4.78 is 30.2. The van der Waals surface area contributed by atoms with E-state index in [9.17, 15) is 18.0 Å². The summed E-state index contributed by atoms with van der Waals surface area (Å²) >= 11 is 0. The van der Waals surface area contributed by atoms with Crippen molar-refractivity contribution >= 4 is 32.7 Å². The van der Waals surface area contributed by atoms with E-state index in [2.05, 4.69) is 4.98 Å². The molecule has 0 fully saturated rings. The van der Waals surface area contributed by atoms with E-state index in [1.165, 1.54) is 12.1 Å². The molecule has 2 aromatic carbocycles. The van der Waals surface area contributed by atoms with Crippen molar-refractivity contribution < 1.29 is 22.7 Å². The molecule has 2 heterocycles. The zero-order valence-electron chi connectivity index (χ0n) is 18.4. The van der Waals surface area contributed by atoms with Gasteiger partial charge in [-0.2, -0.15) is 0 Å². The number of esters is 1. The first-order chi connectivity index (χ1) is 15.6. The molecular formula is C24H23N3O5S. The fourth-order valence-electron chi connectivity index (χ4n) is 4.05. The zero-order chi connectivity index (χ0) is 23.9. The lowest BCUT2D eigenvalue weighted by atomic mass is 10.1. The summed E-state index contributed by atoms with van der Waals surface area (Å²) in [6, 6.07) is 15.2. The zero-order valence-corrected chi connectivity index (χ0v) is 19.2. The summed E-state index contributed by atoms with van der Waals surface area (Å²) in [5, 5.41) is 5.90. The molecule has 0 bridgehead atoms. The Balaban J connectivity index is 1.55. The van der Waals surface area contributed by atoms with Gasteiger partial charge in [0.25, 0.3) is 0 Å². The topological polar surface area (TPSA) is 124 Å². The monoisotopic (exact) mass is 465 g/mol. The van der Waals surface area contributed by atoms with Crippen molar-refractivity contribution in [1.82, 2.24) is 9.55 Å². The number of benzene rings is 2. The van der Waals surface area contributed by atoms with Crippen molar-refractivity contribution in [3.63, 3.8) is 0 Å². The lowest BCUT2D eigenvalue weighted by Crippen LogP contribution is -2.15. The fraction of sp³-hybridized carbons (Fsp3) is 0.167. The number of carbonyl (C=O) groups excluding carboxylic acids is 2. The SMILES string of the molecule is Cc1[nH]c2ccccc2c1C(=O)OCC(=O)c1cc(C)n(-c2ccc(S(N)(=O)=O)cc2)c1C. The second kappa shape index (κ2) is 8.34. The van der Waals surface area contributed by atoms with Crippen LogP contribution in [0.5, 0.6) is 0 Å². The van der Waals surface area contributed by atoms with Gasteiger partial charge in [0.05, 0.1) is 10.5 Å². The largest absolute Gasteiger partial charge is 0.454 e. The lowest BCUT2D eigenvalue weighted by Gasteiger charge is -2.11. The molecule has 0 aliphatic rings. The number of ketones is 1. The molecule has 0 spiro atoms. The summed E-state index contributed by atoms with van der Waals surface area (Å²) in [4.78, 5) is 28.7. The van der Waals surface area contributed by atoms with Crippen LogP contribution < -0.4 is 5.14 Å². The molecule has 8 nitrogen and oxygen atoms in total. The number of hydrogen-bond donors (Lipinski definition) is 2. The Morgan fingerprint density at radius 3 is 2.36 bits per heavy atom. The van der Waals surface area contributed by atoms with Crippen LogP contribution in [0.3, 0.4) is 0 Å². The van der Waals surface area contributed by atoms with Gasteiger partial charge in [0.2, 0.25) is 15.8 Å². The number of hydrogen-bond acceptors (Lipinski definition) is 5. The highest BCUT2D eigenvalue weighted by atomic mass is 32.2. The van der Waals surface area contributed by atoms with Gasteiger partial charge in [0, 0.05) is 39.2 Å². The molecule has 9 heteroatoms. The van der Waals surface area contributed by atoms with Crippen LogP contribution in [0, 0.1) is 20.8 Å². The number of Topliss-reactive ketones (excluding diaryl/α,β-unsaturated/α-hetero) is 1. The van der Waals surface area contributed by atoms with E-state index in [-0.39, 0.29) is 10.7 Å². The minimum Gasteiger partial charge on any atom is -0.454 e. The Hall–Kier alpha value is -3.69. The minimum absolute atomic E-state index is 0.00417. The number of primary sulfonamides is 1. The number of nitrogens with two attached hydrogens (primary N) is 1. The Morgan fingerprint density at radius 2 is 1.70 bits per heavy atom. The van der Waals surface area contributed by atoms with Crippen LogP contribution in [0.1, 0.15) is 37.8 Å². The van der Waals surface area contributed by atoms with Crippen LogP contribution in [0.25, 0.3) is 16.6 Å². The molecule has 0 atom stereocenters. The number of aryl methyl sites for hydroxylation is 2. The molecule has 0 amide bonds. The summed E-state index contributed by atoms with van der Waals surface area (Å²) in [5.41, 5.74) is 4.45. The molecule has 4 rings (SSSR count). The van der Waals surface area contributed by atoms with Crippen molar-refractivity contribution in [1.29, 1.82) is 0 Å². The van der Waals surface area contributed by atoms with Gasteiger partial charge >= 0.3 is 5.97 Å². The molecule has 33 heavy (non-hydrogen) atoms.